The number of aromatic amines is 2. The first-order valence-corrected chi connectivity index (χ1v) is 8.64. The van der Waals surface area contributed by atoms with E-state index in [4.69, 9.17) is 4.98 Å². The van der Waals surface area contributed by atoms with E-state index in [1.54, 1.807) is 12.4 Å². The highest BCUT2D eigenvalue weighted by atomic mass is 16.2. The van der Waals surface area contributed by atoms with Gasteiger partial charge in [0, 0.05) is 37.3 Å². The van der Waals surface area contributed by atoms with Gasteiger partial charge in [0.15, 0.2) is 5.82 Å². The van der Waals surface area contributed by atoms with Crippen LogP contribution in [0.15, 0.2) is 18.5 Å². The fourth-order valence-electron chi connectivity index (χ4n) is 3.90. The van der Waals surface area contributed by atoms with Crippen molar-refractivity contribution in [1.82, 2.24) is 25.1 Å². The maximum absolute atomic E-state index is 12.7. The quantitative estimate of drug-likeness (QED) is 0.909. The summed E-state index contributed by atoms with van der Waals surface area (Å²) in [6.45, 7) is 1.60. The number of hydrogen-bond donors (Lipinski definition) is 2. The van der Waals surface area contributed by atoms with E-state index in [1.807, 2.05) is 11.0 Å². The monoisotopic (exact) mass is 311 g/mol. The van der Waals surface area contributed by atoms with Crippen LogP contribution in [0.25, 0.3) is 0 Å². The Balaban J connectivity index is 1.39. The molecule has 2 aromatic heterocycles. The zero-order valence-electron chi connectivity index (χ0n) is 13.0. The van der Waals surface area contributed by atoms with Gasteiger partial charge in [0.05, 0.1) is 5.56 Å². The number of nitrogens with zero attached hydrogens (tertiary/aromatic N) is 3. The van der Waals surface area contributed by atoms with Gasteiger partial charge in [-0.15, -0.1) is 0 Å². The fourth-order valence-corrected chi connectivity index (χ4v) is 3.90. The van der Waals surface area contributed by atoms with Crippen molar-refractivity contribution in [1.29, 1.82) is 0 Å². The fraction of sp³-hybridized carbons (Fsp3) is 0.588. The molecule has 0 bridgehead atoms. The Morgan fingerprint density at radius 2 is 2.09 bits per heavy atom. The summed E-state index contributed by atoms with van der Waals surface area (Å²) in [5, 5.41) is 7.58. The third kappa shape index (κ3) is 2.36. The molecule has 2 N–H and O–H groups in total. The third-order valence-corrected chi connectivity index (χ3v) is 5.54. The molecule has 6 heteroatoms. The molecule has 0 aromatic carbocycles. The summed E-state index contributed by atoms with van der Waals surface area (Å²) in [7, 11) is 0. The summed E-state index contributed by atoms with van der Waals surface area (Å²) in [6.07, 6.45) is 8.59. The normalized spacial score (nSPS) is 27.6. The molecular weight excluding hydrogens is 290 g/mol. The first-order valence-electron chi connectivity index (χ1n) is 8.64. The zero-order valence-corrected chi connectivity index (χ0v) is 13.0. The molecule has 2 atom stereocenters. The second-order valence-electron chi connectivity index (χ2n) is 7.27. The Labute approximate surface area is 134 Å². The van der Waals surface area contributed by atoms with Crippen molar-refractivity contribution in [2.24, 2.45) is 11.8 Å². The predicted molar refractivity (Wildman–Crippen MR) is 84.0 cm³/mol. The van der Waals surface area contributed by atoms with Gasteiger partial charge in [-0.05, 0) is 43.6 Å². The standard InChI is InChI=1S/C17H21N5O/c23-17(12-5-6-18-7-12)22-8-13(10-1-2-10)14(9-22)16-19-15(20-21-16)11-3-4-11/h5-7,10-11,13-14,18H,1-4,8-9H2,(H,19,20,21)/t13-,14+/m1/s1. The molecule has 1 amide bonds. The van der Waals surface area contributed by atoms with Crippen LogP contribution >= 0.6 is 0 Å². The second kappa shape index (κ2) is 4.94. The summed E-state index contributed by atoms with van der Waals surface area (Å²) < 4.78 is 0. The van der Waals surface area contributed by atoms with Crippen LogP contribution in [0.1, 0.15) is 59.5 Å². The second-order valence-corrected chi connectivity index (χ2v) is 7.27. The van der Waals surface area contributed by atoms with E-state index in [1.165, 1.54) is 25.7 Å². The number of hydrogen-bond acceptors (Lipinski definition) is 3. The van der Waals surface area contributed by atoms with E-state index in [-0.39, 0.29) is 5.91 Å². The van der Waals surface area contributed by atoms with Crippen molar-refractivity contribution in [2.75, 3.05) is 13.1 Å². The van der Waals surface area contributed by atoms with Crippen LogP contribution in [-0.2, 0) is 0 Å². The third-order valence-electron chi connectivity index (χ3n) is 5.54. The first kappa shape index (κ1) is 13.3. The number of likely N-dealkylation sites (tertiary alicyclic amines) is 1. The summed E-state index contributed by atoms with van der Waals surface area (Å²) in [6, 6.07) is 1.85. The van der Waals surface area contributed by atoms with Crippen molar-refractivity contribution in [2.45, 2.75) is 37.5 Å². The van der Waals surface area contributed by atoms with Gasteiger partial charge in [-0.2, -0.15) is 5.10 Å². The Hall–Kier alpha value is -2.11. The van der Waals surface area contributed by atoms with E-state index in [0.29, 0.717) is 17.8 Å². The molecule has 1 saturated heterocycles. The Bertz CT molecular complexity index is 713. The van der Waals surface area contributed by atoms with Crippen LogP contribution in [0, 0.1) is 11.8 Å². The number of nitrogens with one attached hydrogen (secondary N) is 2. The van der Waals surface area contributed by atoms with Gasteiger partial charge >= 0.3 is 0 Å². The smallest absolute Gasteiger partial charge is 0.255 e. The lowest BCUT2D eigenvalue weighted by atomic mass is 9.91. The molecule has 2 aliphatic carbocycles. The van der Waals surface area contributed by atoms with Gasteiger partial charge in [0.2, 0.25) is 0 Å². The van der Waals surface area contributed by atoms with Crippen LogP contribution in [0.5, 0.6) is 0 Å². The molecule has 0 radical (unpaired) electrons. The molecule has 3 heterocycles. The lowest BCUT2D eigenvalue weighted by Crippen LogP contribution is -2.28. The number of carbonyl (C=O) groups is 1. The molecule has 23 heavy (non-hydrogen) atoms. The lowest BCUT2D eigenvalue weighted by molar-refractivity contribution is 0.0785. The Morgan fingerprint density at radius 1 is 1.22 bits per heavy atom. The molecule has 2 saturated carbocycles. The molecule has 1 aliphatic heterocycles. The van der Waals surface area contributed by atoms with Gasteiger partial charge in [0.1, 0.15) is 5.82 Å². The SMILES string of the molecule is O=C(c1cc[nH]c1)N1C[C@H](c2nc(C3CC3)n[nH]2)[C@@H](C2CC2)C1. The number of carbonyl (C=O) groups excluding carboxylic acids is 1. The van der Waals surface area contributed by atoms with E-state index < -0.39 is 0 Å². The summed E-state index contributed by atoms with van der Waals surface area (Å²) in [4.78, 5) is 22.4. The zero-order chi connectivity index (χ0) is 15.4. The highest BCUT2D eigenvalue weighted by Crippen LogP contribution is 2.47. The lowest BCUT2D eigenvalue weighted by Gasteiger charge is -2.15. The average Bonchev–Trinajstić information content (AvgIpc) is 3.43. The molecule has 0 unspecified atom stereocenters. The number of aromatic nitrogens is 4. The van der Waals surface area contributed by atoms with Gasteiger partial charge in [-0.25, -0.2) is 4.98 Å². The topological polar surface area (TPSA) is 77.7 Å². The van der Waals surface area contributed by atoms with Crippen LogP contribution < -0.4 is 0 Å². The molecule has 2 aromatic rings. The average molecular weight is 311 g/mol. The largest absolute Gasteiger partial charge is 0.367 e. The summed E-state index contributed by atoms with van der Waals surface area (Å²) in [5.41, 5.74) is 0.747. The number of H-pyrrole nitrogens is 2. The van der Waals surface area contributed by atoms with Crippen molar-refractivity contribution in [3.05, 3.63) is 35.7 Å². The minimum Gasteiger partial charge on any atom is -0.367 e. The summed E-state index contributed by atoms with van der Waals surface area (Å²) in [5.74, 6) is 4.25. The van der Waals surface area contributed by atoms with Gasteiger partial charge < -0.3 is 9.88 Å². The van der Waals surface area contributed by atoms with Crippen molar-refractivity contribution < 1.29 is 4.79 Å². The van der Waals surface area contributed by atoms with Crippen molar-refractivity contribution in [3.8, 4) is 0 Å². The molecule has 0 spiro atoms. The Kier molecular flexibility index (Phi) is 2.87. The molecule has 3 fully saturated rings. The van der Waals surface area contributed by atoms with Gasteiger partial charge in [0.25, 0.3) is 5.91 Å². The van der Waals surface area contributed by atoms with E-state index >= 15 is 0 Å². The maximum atomic E-state index is 12.7. The molecule has 120 valence electrons. The van der Waals surface area contributed by atoms with E-state index in [2.05, 4.69) is 15.2 Å². The van der Waals surface area contributed by atoms with E-state index in [0.717, 1.165) is 36.2 Å². The van der Waals surface area contributed by atoms with Crippen LogP contribution in [0.2, 0.25) is 0 Å². The van der Waals surface area contributed by atoms with Crippen molar-refractivity contribution in [3.63, 3.8) is 0 Å². The molecule has 6 nitrogen and oxygen atoms in total. The Morgan fingerprint density at radius 3 is 2.78 bits per heavy atom. The van der Waals surface area contributed by atoms with Crippen LogP contribution in [0.3, 0.4) is 0 Å². The van der Waals surface area contributed by atoms with E-state index in [9.17, 15) is 4.79 Å². The number of amides is 1. The predicted octanol–water partition coefficient (Wildman–Crippen LogP) is 2.28. The molecule has 5 rings (SSSR count). The maximum Gasteiger partial charge on any atom is 0.255 e. The minimum absolute atomic E-state index is 0.126. The van der Waals surface area contributed by atoms with Crippen LogP contribution in [0.4, 0.5) is 0 Å². The highest BCUT2D eigenvalue weighted by Gasteiger charge is 2.46. The number of rotatable bonds is 4. The molecular formula is C17H21N5O. The van der Waals surface area contributed by atoms with Gasteiger partial charge in [-0.1, -0.05) is 0 Å². The van der Waals surface area contributed by atoms with Crippen LogP contribution in [-0.4, -0.2) is 44.1 Å². The highest BCUT2D eigenvalue weighted by molar-refractivity contribution is 5.94. The minimum atomic E-state index is 0.126. The van der Waals surface area contributed by atoms with Gasteiger partial charge in [-0.3, -0.25) is 9.89 Å². The van der Waals surface area contributed by atoms with Crippen molar-refractivity contribution >= 4 is 5.91 Å². The molecule has 3 aliphatic rings. The first-order chi connectivity index (χ1) is 11.3. The summed E-state index contributed by atoms with van der Waals surface area (Å²) >= 11 is 0.